The van der Waals surface area contributed by atoms with Gasteiger partial charge in [-0.3, -0.25) is 0 Å². The minimum absolute atomic E-state index is 0.297. The van der Waals surface area contributed by atoms with Gasteiger partial charge in [-0.15, -0.1) is 0 Å². The lowest BCUT2D eigenvalue weighted by Crippen LogP contribution is -2.31. The average Bonchev–Trinajstić information content (AvgIpc) is 3.17. The molecule has 0 saturated carbocycles. The van der Waals surface area contributed by atoms with Crippen LogP contribution in [0.4, 0.5) is 5.82 Å². The number of hydrogen-bond acceptors (Lipinski definition) is 4. The zero-order valence-electron chi connectivity index (χ0n) is 13.6. The lowest BCUT2D eigenvalue weighted by molar-refractivity contribution is 0.477. The van der Waals surface area contributed by atoms with Crippen LogP contribution in [0.5, 0.6) is 0 Å². The zero-order chi connectivity index (χ0) is 16.6. The predicted octanol–water partition coefficient (Wildman–Crippen LogP) is 2.43. The highest BCUT2D eigenvalue weighted by Crippen LogP contribution is 2.25. The maximum Gasteiger partial charge on any atom is 0.244 e. The molecule has 0 atom stereocenters. The molecule has 1 saturated heterocycles. The van der Waals surface area contributed by atoms with Crippen molar-refractivity contribution in [2.75, 3.05) is 24.5 Å². The Balaban J connectivity index is 1.54. The lowest BCUT2D eigenvalue weighted by atomic mass is 10.00. The second-order valence-electron chi connectivity index (χ2n) is 6.40. The van der Waals surface area contributed by atoms with E-state index >= 15 is 0 Å². The second-order valence-corrected chi connectivity index (χ2v) is 8.34. The van der Waals surface area contributed by atoms with Gasteiger partial charge >= 0.3 is 0 Å². The summed E-state index contributed by atoms with van der Waals surface area (Å²) in [6, 6.07) is 12.0. The summed E-state index contributed by atoms with van der Waals surface area (Å²) in [5.41, 5.74) is 2.71. The van der Waals surface area contributed by atoms with Crippen molar-refractivity contribution in [3.05, 3.63) is 53.7 Å². The molecule has 5 nitrogen and oxygen atoms in total. The van der Waals surface area contributed by atoms with Gasteiger partial charge in [0.05, 0.1) is 0 Å². The van der Waals surface area contributed by atoms with E-state index in [9.17, 15) is 8.42 Å². The summed E-state index contributed by atoms with van der Waals surface area (Å²) in [5.74, 6) is 0.838. The highest BCUT2D eigenvalue weighted by Gasteiger charge is 2.27. The molecular weight excluding hydrogens is 322 g/mol. The van der Waals surface area contributed by atoms with Gasteiger partial charge in [0.15, 0.2) is 0 Å². The van der Waals surface area contributed by atoms with Crippen LogP contribution < -0.4 is 4.90 Å². The number of aromatic nitrogens is 1. The number of hydrogen-bond donors (Lipinski definition) is 0. The van der Waals surface area contributed by atoms with Crippen LogP contribution >= 0.6 is 0 Å². The van der Waals surface area contributed by atoms with E-state index in [-0.39, 0.29) is 0 Å². The molecule has 0 N–H and O–H groups in total. The fourth-order valence-electron chi connectivity index (χ4n) is 3.48. The number of rotatable bonds is 3. The van der Waals surface area contributed by atoms with E-state index in [0.29, 0.717) is 18.0 Å². The summed E-state index contributed by atoms with van der Waals surface area (Å²) < 4.78 is 26.7. The molecule has 4 rings (SSSR count). The highest BCUT2D eigenvalue weighted by molar-refractivity contribution is 7.89. The topological polar surface area (TPSA) is 53.5 Å². The van der Waals surface area contributed by atoms with Gasteiger partial charge in [-0.25, -0.2) is 13.4 Å². The Morgan fingerprint density at radius 1 is 0.917 bits per heavy atom. The van der Waals surface area contributed by atoms with Crippen LogP contribution in [0.25, 0.3) is 0 Å². The Kier molecular flexibility index (Phi) is 4.02. The van der Waals surface area contributed by atoms with Gasteiger partial charge in [0.25, 0.3) is 0 Å². The zero-order valence-corrected chi connectivity index (χ0v) is 14.4. The summed E-state index contributed by atoms with van der Waals surface area (Å²) in [6.45, 7) is 2.96. The van der Waals surface area contributed by atoms with Crippen LogP contribution in [-0.2, 0) is 23.0 Å². The molecule has 0 unspecified atom stereocenters. The van der Waals surface area contributed by atoms with Crippen molar-refractivity contribution in [1.82, 2.24) is 9.29 Å². The third-order valence-electron chi connectivity index (χ3n) is 4.88. The maximum absolute atomic E-state index is 12.6. The number of fused-ring (bicyclic) bond motifs is 1. The third kappa shape index (κ3) is 2.80. The maximum atomic E-state index is 12.6. The Morgan fingerprint density at radius 3 is 2.38 bits per heavy atom. The Hall–Kier alpha value is -1.92. The monoisotopic (exact) mass is 343 g/mol. The molecule has 0 aliphatic carbocycles. The van der Waals surface area contributed by atoms with Crippen LogP contribution in [0.1, 0.15) is 24.0 Å². The molecule has 0 spiro atoms. The molecule has 2 aliphatic rings. The van der Waals surface area contributed by atoms with Gasteiger partial charge < -0.3 is 4.90 Å². The second kappa shape index (κ2) is 6.18. The first-order chi connectivity index (χ1) is 11.6. The van der Waals surface area contributed by atoms with Crippen LogP contribution in [0, 0.1) is 0 Å². The standard InChI is InChI=1S/C18H21N3O2S/c22-24(23,21-10-3-4-11-21)17-7-8-18(19-13-17)20-12-9-15-5-1-2-6-16(15)14-20/h1-2,5-8,13H,3-4,9-12,14H2. The first-order valence-electron chi connectivity index (χ1n) is 8.42. The molecule has 0 bridgehead atoms. The summed E-state index contributed by atoms with van der Waals surface area (Å²) in [6.07, 6.45) is 4.38. The molecule has 24 heavy (non-hydrogen) atoms. The molecule has 3 heterocycles. The van der Waals surface area contributed by atoms with E-state index in [2.05, 4.69) is 34.1 Å². The normalized spacial score (nSPS) is 18.6. The molecular formula is C18H21N3O2S. The SMILES string of the molecule is O=S(=O)(c1ccc(N2CCc3ccccc3C2)nc1)N1CCCC1. The average molecular weight is 343 g/mol. The molecule has 2 aliphatic heterocycles. The molecule has 1 aromatic heterocycles. The van der Waals surface area contributed by atoms with Crippen molar-refractivity contribution >= 4 is 15.8 Å². The number of benzene rings is 1. The van der Waals surface area contributed by atoms with Gasteiger partial charge in [0.2, 0.25) is 10.0 Å². The molecule has 126 valence electrons. The van der Waals surface area contributed by atoms with E-state index in [1.54, 1.807) is 10.4 Å². The highest BCUT2D eigenvalue weighted by atomic mass is 32.2. The number of pyridine rings is 1. The van der Waals surface area contributed by atoms with E-state index in [4.69, 9.17) is 0 Å². The van der Waals surface area contributed by atoms with Gasteiger partial charge in [0, 0.05) is 32.4 Å². The van der Waals surface area contributed by atoms with E-state index < -0.39 is 10.0 Å². The molecule has 6 heteroatoms. The molecule has 1 fully saturated rings. The summed E-state index contributed by atoms with van der Waals surface area (Å²) in [7, 11) is -3.38. The molecule has 0 radical (unpaired) electrons. The van der Waals surface area contributed by atoms with Crippen molar-refractivity contribution in [2.24, 2.45) is 0 Å². The number of anilines is 1. The van der Waals surface area contributed by atoms with Crippen molar-refractivity contribution < 1.29 is 8.42 Å². The molecule has 1 aromatic carbocycles. The van der Waals surface area contributed by atoms with E-state index in [0.717, 1.165) is 38.2 Å². The minimum Gasteiger partial charge on any atom is -0.352 e. The van der Waals surface area contributed by atoms with Gasteiger partial charge in [0.1, 0.15) is 10.7 Å². The fraction of sp³-hybridized carbons (Fsp3) is 0.389. The Morgan fingerprint density at radius 2 is 1.67 bits per heavy atom. The van der Waals surface area contributed by atoms with Crippen molar-refractivity contribution in [3.8, 4) is 0 Å². The van der Waals surface area contributed by atoms with E-state index in [1.165, 1.54) is 17.3 Å². The number of nitrogens with zero attached hydrogens (tertiary/aromatic N) is 3. The van der Waals surface area contributed by atoms with Crippen LogP contribution in [-0.4, -0.2) is 37.3 Å². The smallest absolute Gasteiger partial charge is 0.244 e. The van der Waals surface area contributed by atoms with Crippen molar-refractivity contribution in [3.63, 3.8) is 0 Å². The quantitative estimate of drug-likeness (QED) is 0.859. The van der Waals surface area contributed by atoms with Crippen LogP contribution in [0.15, 0.2) is 47.5 Å². The molecule has 0 amide bonds. The Bertz CT molecular complexity index is 828. The summed E-state index contributed by atoms with van der Waals surface area (Å²) in [5, 5.41) is 0. The lowest BCUT2D eigenvalue weighted by Gasteiger charge is -2.29. The van der Waals surface area contributed by atoms with Crippen LogP contribution in [0.3, 0.4) is 0 Å². The fourth-order valence-corrected chi connectivity index (χ4v) is 4.94. The first-order valence-corrected chi connectivity index (χ1v) is 9.86. The summed E-state index contributed by atoms with van der Waals surface area (Å²) in [4.78, 5) is 6.93. The van der Waals surface area contributed by atoms with E-state index in [1.807, 2.05) is 6.07 Å². The predicted molar refractivity (Wildman–Crippen MR) is 93.4 cm³/mol. The molecule has 2 aromatic rings. The Labute approximate surface area is 143 Å². The van der Waals surface area contributed by atoms with Gasteiger partial charge in [-0.1, -0.05) is 24.3 Å². The largest absolute Gasteiger partial charge is 0.352 e. The van der Waals surface area contributed by atoms with Gasteiger partial charge in [-0.2, -0.15) is 4.31 Å². The first kappa shape index (κ1) is 15.6. The number of sulfonamides is 1. The summed E-state index contributed by atoms with van der Waals surface area (Å²) >= 11 is 0. The van der Waals surface area contributed by atoms with Crippen LogP contribution in [0.2, 0.25) is 0 Å². The third-order valence-corrected chi connectivity index (χ3v) is 6.76. The van der Waals surface area contributed by atoms with Crippen molar-refractivity contribution in [1.29, 1.82) is 0 Å². The minimum atomic E-state index is -3.38. The van der Waals surface area contributed by atoms with Gasteiger partial charge in [-0.05, 0) is 42.5 Å². The van der Waals surface area contributed by atoms with Crippen molar-refractivity contribution in [2.45, 2.75) is 30.7 Å².